The van der Waals surface area contributed by atoms with Gasteiger partial charge in [0.05, 0.1) is 5.56 Å². The van der Waals surface area contributed by atoms with Gasteiger partial charge in [0.2, 0.25) is 0 Å². The molecule has 0 aliphatic heterocycles. The van der Waals surface area contributed by atoms with Gasteiger partial charge in [0.1, 0.15) is 28.9 Å². The number of hydrogen-bond donors (Lipinski definition) is 1. The van der Waals surface area contributed by atoms with Gasteiger partial charge in [-0.2, -0.15) is 0 Å². The largest absolute Gasteiger partial charge is 0.456 e. The molecule has 0 atom stereocenters. The van der Waals surface area contributed by atoms with Crippen LogP contribution in [0.2, 0.25) is 0 Å². The number of carbonyl (C=O) groups excluding carboxylic acids is 2. The number of carbonyl (C=O) groups is 2. The highest BCUT2D eigenvalue weighted by Gasteiger charge is 2.29. The van der Waals surface area contributed by atoms with Crippen molar-refractivity contribution in [2.24, 2.45) is 11.7 Å². The highest BCUT2D eigenvalue weighted by Crippen LogP contribution is 2.33. The molecule has 1 saturated carbocycles. The zero-order chi connectivity index (χ0) is 22.8. The predicted molar refractivity (Wildman–Crippen MR) is 125 cm³/mol. The molecule has 3 aromatic carbocycles. The summed E-state index contributed by atoms with van der Waals surface area (Å²) in [6.07, 6.45) is 2.14. The lowest BCUT2D eigenvalue weighted by Crippen LogP contribution is -2.16. The van der Waals surface area contributed by atoms with Gasteiger partial charge >= 0.3 is 0 Å². The van der Waals surface area contributed by atoms with Crippen molar-refractivity contribution in [1.29, 1.82) is 0 Å². The van der Waals surface area contributed by atoms with E-state index in [-0.39, 0.29) is 35.0 Å². The smallest absolute Gasteiger partial charge is 0.252 e. The van der Waals surface area contributed by atoms with Crippen LogP contribution in [0.1, 0.15) is 39.9 Å². The minimum absolute atomic E-state index is 0.0104. The Balaban J connectivity index is 1.65. The van der Waals surface area contributed by atoms with Crippen LogP contribution in [0.3, 0.4) is 0 Å². The van der Waals surface area contributed by atoms with Crippen LogP contribution in [0.25, 0.3) is 0 Å². The molecule has 0 saturated heterocycles. The first-order chi connectivity index (χ1) is 15.3. The standard InChI is InChI=1S/C25H20F2INO3/c26-18-11-17(10-16-6-7-19(28)13-21(16)27)24(25(29)31)23(12-18)32-20-3-1-2-14(8-20)9-22(30)15-4-5-15/h1-3,6-8,11-13,15H,4-5,9-10H2,(H2,29,31). The van der Waals surface area contributed by atoms with Crippen LogP contribution in [-0.4, -0.2) is 11.7 Å². The molecule has 0 radical (unpaired) electrons. The lowest BCUT2D eigenvalue weighted by molar-refractivity contribution is -0.119. The summed E-state index contributed by atoms with van der Waals surface area (Å²) in [5.74, 6) is -1.25. The number of primary amides is 1. The number of ketones is 1. The van der Waals surface area contributed by atoms with Gasteiger partial charge in [-0.1, -0.05) is 18.2 Å². The summed E-state index contributed by atoms with van der Waals surface area (Å²) in [6.45, 7) is 0. The van der Waals surface area contributed by atoms with E-state index in [2.05, 4.69) is 0 Å². The lowest BCUT2D eigenvalue weighted by Gasteiger charge is -2.15. The Kier molecular flexibility index (Phi) is 6.55. The third-order valence-electron chi connectivity index (χ3n) is 5.33. The maximum absolute atomic E-state index is 14.4. The first-order valence-electron chi connectivity index (χ1n) is 10.2. The van der Waals surface area contributed by atoms with Crippen molar-refractivity contribution in [2.75, 3.05) is 0 Å². The van der Waals surface area contributed by atoms with Gasteiger partial charge in [-0.05, 0) is 82.5 Å². The summed E-state index contributed by atoms with van der Waals surface area (Å²) >= 11 is 1.99. The summed E-state index contributed by atoms with van der Waals surface area (Å²) in [7, 11) is 0. The molecule has 2 N–H and O–H groups in total. The number of hydrogen-bond acceptors (Lipinski definition) is 3. The summed E-state index contributed by atoms with van der Waals surface area (Å²) < 4.78 is 35.3. The Morgan fingerprint density at radius 1 is 1.03 bits per heavy atom. The second kappa shape index (κ2) is 9.36. The van der Waals surface area contributed by atoms with Crippen LogP contribution in [0.15, 0.2) is 54.6 Å². The Morgan fingerprint density at radius 3 is 2.50 bits per heavy atom. The monoisotopic (exact) mass is 547 g/mol. The van der Waals surface area contributed by atoms with Crippen molar-refractivity contribution >= 4 is 34.3 Å². The third-order valence-corrected chi connectivity index (χ3v) is 6.00. The van der Waals surface area contributed by atoms with Crippen molar-refractivity contribution in [3.05, 3.63) is 92.1 Å². The van der Waals surface area contributed by atoms with Crippen LogP contribution >= 0.6 is 22.6 Å². The highest BCUT2D eigenvalue weighted by atomic mass is 127. The molecule has 1 aliphatic rings. The molecule has 0 bridgehead atoms. The first kappa shape index (κ1) is 22.4. The average molecular weight is 547 g/mol. The Labute approximate surface area is 197 Å². The fourth-order valence-corrected chi connectivity index (χ4v) is 4.06. The molecular formula is C25H20F2INO3. The normalized spacial score (nSPS) is 13.1. The Morgan fingerprint density at radius 2 is 1.81 bits per heavy atom. The molecule has 1 fully saturated rings. The first-order valence-corrected chi connectivity index (χ1v) is 11.2. The third kappa shape index (κ3) is 5.32. The van der Waals surface area contributed by atoms with E-state index < -0.39 is 17.5 Å². The number of ether oxygens (including phenoxy) is 1. The minimum atomic E-state index is -0.805. The lowest BCUT2D eigenvalue weighted by atomic mass is 9.98. The van der Waals surface area contributed by atoms with Gasteiger partial charge in [-0.3, -0.25) is 9.59 Å². The van der Waals surface area contributed by atoms with Crippen LogP contribution in [0.4, 0.5) is 8.78 Å². The molecule has 0 heterocycles. The SMILES string of the molecule is NC(=O)c1c(Cc2ccc(I)cc2F)cc(F)cc1Oc1cccc(CC(=O)C2CC2)c1. The average Bonchev–Trinajstić information content (AvgIpc) is 3.55. The zero-order valence-corrected chi connectivity index (χ0v) is 19.2. The quantitative estimate of drug-likeness (QED) is 0.375. The molecule has 164 valence electrons. The van der Waals surface area contributed by atoms with Crippen molar-refractivity contribution in [3.63, 3.8) is 0 Å². The maximum Gasteiger partial charge on any atom is 0.252 e. The van der Waals surface area contributed by atoms with Gasteiger partial charge in [0.25, 0.3) is 5.91 Å². The van der Waals surface area contributed by atoms with E-state index in [1.807, 2.05) is 28.7 Å². The Bertz CT molecular complexity index is 1210. The minimum Gasteiger partial charge on any atom is -0.456 e. The molecule has 0 aromatic heterocycles. The summed E-state index contributed by atoms with van der Waals surface area (Å²) in [6, 6.07) is 13.8. The fraction of sp³-hybridized carbons (Fsp3) is 0.200. The predicted octanol–water partition coefficient (Wildman–Crippen LogP) is 5.57. The van der Waals surface area contributed by atoms with Crippen molar-refractivity contribution < 1.29 is 23.1 Å². The van der Waals surface area contributed by atoms with Gasteiger partial charge in [0, 0.05) is 28.4 Å². The number of amides is 1. The van der Waals surface area contributed by atoms with Gasteiger partial charge in [-0.25, -0.2) is 8.78 Å². The molecule has 0 unspecified atom stereocenters. The van der Waals surface area contributed by atoms with E-state index in [9.17, 15) is 18.4 Å². The molecule has 4 nitrogen and oxygen atoms in total. The van der Waals surface area contributed by atoms with E-state index in [0.29, 0.717) is 17.7 Å². The van der Waals surface area contributed by atoms with E-state index in [1.54, 1.807) is 30.3 Å². The fourth-order valence-electron chi connectivity index (χ4n) is 3.60. The van der Waals surface area contributed by atoms with Crippen LogP contribution in [-0.2, 0) is 17.6 Å². The van der Waals surface area contributed by atoms with Crippen molar-refractivity contribution in [2.45, 2.75) is 25.7 Å². The molecule has 32 heavy (non-hydrogen) atoms. The number of benzene rings is 3. The van der Waals surface area contributed by atoms with Crippen LogP contribution < -0.4 is 10.5 Å². The molecule has 3 aromatic rings. The van der Waals surface area contributed by atoms with E-state index in [0.717, 1.165) is 34.1 Å². The van der Waals surface area contributed by atoms with Crippen molar-refractivity contribution in [1.82, 2.24) is 0 Å². The molecular weight excluding hydrogens is 527 g/mol. The van der Waals surface area contributed by atoms with E-state index in [1.165, 1.54) is 6.07 Å². The molecule has 1 aliphatic carbocycles. The van der Waals surface area contributed by atoms with Gasteiger partial charge in [0.15, 0.2) is 0 Å². The Hall–Kier alpha value is -2.81. The zero-order valence-electron chi connectivity index (χ0n) is 17.0. The second-order valence-corrected chi connectivity index (χ2v) is 9.13. The van der Waals surface area contributed by atoms with Gasteiger partial charge in [-0.15, -0.1) is 0 Å². The topological polar surface area (TPSA) is 69.4 Å². The van der Waals surface area contributed by atoms with E-state index >= 15 is 0 Å². The van der Waals surface area contributed by atoms with Gasteiger partial charge < -0.3 is 10.5 Å². The molecule has 7 heteroatoms. The second-order valence-electron chi connectivity index (χ2n) is 7.88. The number of nitrogens with two attached hydrogens (primary N) is 1. The summed E-state index contributed by atoms with van der Waals surface area (Å²) in [5, 5.41) is 0. The number of Topliss-reactive ketones (excluding diaryl/α,β-unsaturated/α-hetero) is 1. The molecule has 1 amide bonds. The highest BCUT2D eigenvalue weighted by molar-refractivity contribution is 14.1. The maximum atomic E-state index is 14.4. The van der Waals surface area contributed by atoms with E-state index in [4.69, 9.17) is 10.5 Å². The molecule has 0 spiro atoms. The van der Waals surface area contributed by atoms with Crippen LogP contribution in [0, 0.1) is 21.1 Å². The summed E-state index contributed by atoms with van der Waals surface area (Å²) in [4.78, 5) is 24.4. The summed E-state index contributed by atoms with van der Waals surface area (Å²) in [5.41, 5.74) is 6.89. The number of rotatable bonds is 8. The number of halogens is 3. The molecule has 4 rings (SSSR count). The van der Waals surface area contributed by atoms with Crippen LogP contribution in [0.5, 0.6) is 11.5 Å². The van der Waals surface area contributed by atoms with Crippen molar-refractivity contribution in [3.8, 4) is 11.5 Å².